The Morgan fingerprint density at radius 3 is 2.12 bits per heavy atom. The van der Waals surface area contributed by atoms with E-state index in [0.717, 1.165) is 16.9 Å². The number of urea groups is 1. The van der Waals surface area contributed by atoms with Gasteiger partial charge in [0.1, 0.15) is 5.75 Å². The van der Waals surface area contributed by atoms with Crippen molar-refractivity contribution in [1.82, 2.24) is 5.32 Å². The van der Waals surface area contributed by atoms with Gasteiger partial charge >= 0.3 is 6.03 Å². The van der Waals surface area contributed by atoms with E-state index in [1.54, 1.807) is 31.4 Å². The van der Waals surface area contributed by atoms with Gasteiger partial charge in [-0.05, 0) is 47.5 Å². The van der Waals surface area contributed by atoms with Crippen molar-refractivity contribution in [2.75, 3.05) is 12.4 Å². The maximum atomic E-state index is 12.5. The lowest BCUT2D eigenvalue weighted by atomic mass is 9.99. The van der Waals surface area contributed by atoms with E-state index in [9.17, 15) is 4.79 Å². The molecule has 0 saturated heterocycles. The number of benzene rings is 3. The van der Waals surface area contributed by atoms with Crippen LogP contribution < -0.4 is 15.4 Å². The predicted molar refractivity (Wildman–Crippen MR) is 105 cm³/mol. The van der Waals surface area contributed by atoms with E-state index in [-0.39, 0.29) is 12.1 Å². The molecule has 0 heterocycles. The molecule has 0 radical (unpaired) electrons. The van der Waals surface area contributed by atoms with Crippen LogP contribution in [0.5, 0.6) is 5.75 Å². The predicted octanol–water partition coefficient (Wildman–Crippen LogP) is 5.26. The minimum Gasteiger partial charge on any atom is -0.497 e. The van der Waals surface area contributed by atoms with Crippen LogP contribution in [-0.4, -0.2) is 13.1 Å². The highest BCUT2D eigenvalue weighted by Crippen LogP contribution is 2.24. The summed E-state index contributed by atoms with van der Waals surface area (Å²) in [5.41, 5.74) is 2.63. The van der Waals surface area contributed by atoms with Crippen molar-refractivity contribution >= 4 is 23.3 Å². The van der Waals surface area contributed by atoms with Crippen LogP contribution in [0.25, 0.3) is 0 Å². The Balaban J connectivity index is 1.81. The first kappa shape index (κ1) is 17.8. The SMILES string of the molecule is COc1ccc([C@H](NC(=O)Nc2ccc(Cl)cc2)c2ccccc2)cc1. The van der Waals surface area contributed by atoms with Crippen LogP contribution in [0.1, 0.15) is 17.2 Å². The van der Waals surface area contributed by atoms with Crippen LogP contribution in [0, 0.1) is 0 Å². The summed E-state index contributed by atoms with van der Waals surface area (Å²) in [6.07, 6.45) is 0. The molecule has 5 heteroatoms. The number of amides is 2. The Morgan fingerprint density at radius 1 is 0.885 bits per heavy atom. The van der Waals surface area contributed by atoms with E-state index in [2.05, 4.69) is 10.6 Å². The Kier molecular flexibility index (Phi) is 5.77. The summed E-state index contributed by atoms with van der Waals surface area (Å²) in [6, 6.07) is 23.9. The monoisotopic (exact) mass is 366 g/mol. The average Bonchev–Trinajstić information content (AvgIpc) is 2.69. The van der Waals surface area contributed by atoms with E-state index >= 15 is 0 Å². The minimum absolute atomic E-state index is 0.283. The topological polar surface area (TPSA) is 50.4 Å². The Bertz CT molecular complexity index is 849. The number of carbonyl (C=O) groups is 1. The molecule has 0 aromatic heterocycles. The van der Waals surface area contributed by atoms with Crippen molar-refractivity contribution in [3.8, 4) is 5.75 Å². The lowest BCUT2D eigenvalue weighted by Gasteiger charge is -2.20. The van der Waals surface area contributed by atoms with Crippen molar-refractivity contribution in [3.63, 3.8) is 0 Å². The van der Waals surface area contributed by atoms with Crippen LogP contribution in [-0.2, 0) is 0 Å². The van der Waals surface area contributed by atoms with Gasteiger partial charge in [0.2, 0.25) is 0 Å². The molecule has 0 saturated carbocycles. The number of ether oxygens (including phenoxy) is 1. The van der Waals surface area contributed by atoms with Crippen molar-refractivity contribution in [2.24, 2.45) is 0 Å². The standard InChI is InChI=1S/C21H19ClN2O2/c1-26-19-13-7-16(8-14-19)20(15-5-3-2-4-6-15)24-21(25)23-18-11-9-17(22)10-12-18/h2-14,20H,1H3,(H2,23,24,25)/t20-/m1/s1. The molecule has 3 rings (SSSR count). The molecule has 3 aromatic carbocycles. The van der Waals surface area contributed by atoms with Crippen LogP contribution in [0.3, 0.4) is 0 Å². The molecule has 0 spiro atoms. The van der Waals surface area contributed by atoms with Crippen molar-refractivity contribution in [1.29, 1.82) is 0 Å². The van der Waals surface area contributed by atoms with E-state index in [1.165, 1.54) is 0 Å². The third-order valence-corrected chi connectivity index (χ3v) is 4.21. The molecule has 0 aliphatic carbocycles. The fourth-order valence-corrected chi connectivity index (χ4v) is 2.76. The van der Waals surface area contributed by atoms with Crippen LogP contribution >= 0.6 is 11.6 Å². The van der Waals surface area contributed by atoms with Crippen molar-refractivity contribution < 1.29 is 9.53 Å². The van der Waals surface area contributed by atoms with Gasteiger partial charge in [-0.25, -0.2) is 4.79 Å². The Hall–Kier alpha value is -2.98. The molecule has 132 valence electrons. The molecule has 2 amide bonds. The highest BCUT2D eigenvalue weighted by molar-refractivity contribution is 6.30. The molecule has 0 aliphatic rings. The number of methoxy groups -OCH3 is 1. The first-order chi connectivity index (χ1) is 12.7. The summed E-state index contributed by atoms with van der Waals surface area (Å²) in [7, 11) is 1.63. The zero-order valence-electron chi connectivity index (χ0n) is 14.3. The maximum absolute atomic E-state index is 12.5. The van der Waals surface area contributed by atoms with Crippen molar-refractivity contribution in [3.05, 3.63) is 95.0 Å². The van der Waals surface area contributed by atoms with Gasteiger partial charge in [0.25, 0.3) is 0 Å². The highest BCUT2D eigenvalue weighted by atomic mass is 35.5. The zero-order valence-corrected chi connectivity index (χ0v) is 15.0. The van der Waals surface area contributed by atoms with Gasteiger partial charge in [0.05, 0.1) is 13.2 Å². The molecule has 0 bridgehead atoms. The first-order valence-electron chi connectivity index (χ1n) is 8.17. The summed E-state index contributed by atoms with van der Waals surface area (Å²) in [5.74, 6) is 0.770. The second kappa shape index (κ2) is 8.41. The average molecular weight is 367 g/mol. The highest BCUT2D eigenvalue weighted by Gasteiger charge is 2.17. The third kappa shape index (κ3) is 4.55. The molecule has 0 unspecified atom stereocenters. The van der Waals surface area contributed by atoms with E-state index in [1.807, 2.05) is 54.6 Å². The molecule has 4 nitrogen and oxygen atoms in total. The largest absolute Gasteiger partial charge is 0.497 e. The van der Waals surface area contributed by atoms with Gasteiger partial charge in [-0.15, -0.1) is 0 Å². The third-order valence-electron chi connectivity index (χ3n) is 3.96. The minimum atomic E-state index is -0.294. The first-order valence-corrected chi connectivity index (χ1v) is 8.55. The van der Waals surface area contributed by atoms with Crippen LogP contribution in [0.2, 0.25) is 5.02 Å². The summed E-state index contributed by atoms with van der Waals surface area (Å²) < 4.78 is 5.21. The second-order valence-electron chi connectivity index (χ2n) is 5.72. The summed E-state index contributed by atoms with van der Waals surface area (Å²) in [5, 5.41) is 6.48. The number of hydrogen-bond acceptors (Lipinski definition) is 2. The van der Waals surface area contributed by atoms with Crippen LogP contribution in [0.15, 0.2) is 78.9 Å². The molecule has 2 N–H and O–H groups in total. The molecule has 26 heavy (non-hydrogen) atoms. The van der Waals surface area contributed by atoms with E-state index < -0.39 is 0 Å². The van der Waals surface area contributed by atoms with E-state index in [4.69, 9.17) is 16.3 Å². The van der Waals surface area contributed by atoms with Gasteiger partial charge in [-0.3, -0.25) is 0 Å². The fraction of sp³-hybridized carbons (Fsp3) is 0.0952. The number of rotatable bonds is 5. The van der Waals surface area contributed by atoms with Gasteiger partial charge in [-0.1, -0.05) is 54.1 Å². The normalized spacial score (nSPS) is 11.5. The van der Waals surface area contributed by atoms with Gasteiger partial charge in [-0.2, -0.15) is 0 Å². The van der Waals surface area contributed by atoms with Gasteiger partial charge in [0.15, 0.2) is 0 Å². The lowest BCUT2D eigenvalue weighted by molar-refractivity contribution is 0.250. The quantitative estimate of drug-likeness (QED) is 0.647. The smallest absolute Gasteiger partial charge is 0.319 e. The number of halogens is 1. The summed E-state index contributed by atoms with van der Waals surface area (Å²) >= 11 is 5.88. The fourth-order valence-electron chi connectivity index (χ4n) is 2.63. The van der Waals surface area contributed by atoms with Gasteiger partial charge in [0, 0.05) is 10.7 Å². The second-order valence-corrected chi connectivity index (χ2v) is 6.16. The zero-order chi connectivity index (χ0) is 18.4. The van der Waals surface area contributed by atoms with E-state index in [0.29, 0.717) is 10.7 Å². The molecule has 3 aromatic rings. The number of nitrogens with one attached hydrogen (secondary N) is 2. The van der Waals surface area contributed by atoms with Crippen LogP contribution in [0.4, 0.5) is 10.5 Å². The number of hydrogen-bond donors (Lipinski definition) is 2. The lowest BCUT2D eigenvalue weighted by Crippen LogP contribution is -2.33. The molecule has 0 aliphatic heterocycles. The Labute approximate surface area is 157 Å². The Morgan fingerprint density at radius 2 is 1.50 bits per heavy atom. The molecular formula is C21H19ClN2O2. The van der Waals surface area contributed by atoms with Gasteiger partial charge < -0.3 is 15.4 Å². The molecular weight excluding hydrogens is 348 g/mol. The number of carbonyl (C=O) groups excluding carboxylic acids is 1. The molecule has 1 atom stereocenters. The summed E-state index contributed by atoms with van der Waals surface area (Å²) in [4.78, 5) is 12.5. The molecule has 0 fully saturated rings. The summed E-state index contributed by atoms with van der Waals surface area (Å²) in [6.45, 7) is 0. The maximum Gasteiger partial charge on any atom is 0.319 e. The number of anilines is 1. The van der Waals surface area contributed by atoms with Crippen molar-refractivity contribution in [2.45, 2.75) is 6.04 Å².